The summed E-state index contributed by atoms with van der Waals surface area (Å²) in [5.74, 6) is -0.775. The van der Waals surface area contributed by atoms with E-state index in [0.29, 0.717) is 12.1 Å². The molecule has 37 heavy (non-hydrogen) atoms. The van der Waals surface area contributed by atoms with Crippen LogP contribution in [0.15, 0.2) is 77.7 Å². The topological polar surface area (TPSA) is 86.8 Å². The molecular weight excluding hydrogens is 486 g/mol. The maximum atomic E-state index is 13.8. The number of carbonyl (C=O) groups excluding carboxylic acids is 2. The van der Waals surface area contributed by atoms with E-state index < -0.39 is 28.5 Å². The summed E-state index contributed by atoms with van der Waals surface area (Å²) in [7, 11) is -2.55. The number of carbonyl (C=O) groups is 2. The quantitative estimate of drug-likeness (QED) is 0.437. The van der Waals surface area contributed by atoms with Gasteiger partial charge in [0, 0.05) is 13.6 Å². The molecule has 0 heterocycles. The highest BCUT2D eigenvalue weighted by Crippen LogP contribution is 2.26. The van der Waals surface area contributed by atoms with Crippen molar-refractivity contribution in [1.82, 2.24) is 10.2 Å². The first-order chi connectivity index (χ1) is 17.5. The van der Waals surface area contributed by atoms with E-state index in [9.17, 15) is 18.0 Å². The third kappa shape index (κ3) is 6.98. The minimum absolute atomic E-state index is 0.0974. The van der Waals surface area contributed by atoms with Crippen LogP contribution in [0.1, 0.15) is 29.2 Å². The molecular formula is C29H35N3O4S. The molecule has 0 radical (unpaired) electrons. The van der Waals surface area contributed by atoms with Crippen molar-refractivity contribution >= 4 is 27.5 Å². The SMILES string of the molecule is CNC(=O)C(C)N(CCc1ccccc1)C(=O)CN(c1cc(C)cc(C)c1)S(=O)(=O)c1ccc(C)cc1. The maximum absolute atomic E-state index is 13.8. The van der Waals surface area contributed by atoms with Crippen LogP contribution in [0.25, 0.3) is 0 Å². The molecule has 0 aliphatic rings. The number of amides is 2. The van der Waals surface area contributed by atoms with E-state index in [1.54, 1.807) is 43.3 Å². The van der Waals surface area contributed by atoms with Crippen LogP contribution in [-0.4, -0.2) is 51.3 Å². The van der Waals surface area contributed by atoms with Crippen molar-refractivity contribution in [2.24, 2.45) is 0 Å². The predicted molar refractivity (Wildman–Crippen MR) is 147 cm³/mol. The Labute approximate surface area is 220 Å². The van der Waals surface area contributed by atoms with Crippen molar-refractivity contribution < 1.29 is 18.0 Å². The Bertz CT molecular complexity index is 1320. The minimum atomic E-state index is -4.07. The Morgan fingerprint density at radius 2 is 1.46 bits per heavy atom. The molecule has 0 aliphatic carbocycles. The van der Waals surface area contributed by atoms with E-state index in [2.05, 4.69) is 5.32 Å². The average Bonchev–Trinajstić information content (AvgIpc) is 2.86. The number of likely N-dealkylation sites (N-methyl/N-ethyl adjacent to an activating group) is 1. The molecule has 3 rings (SSSR count). The molecule has 3 aromatic carbocycles. The van der Waals surface area contributed by atoms with Gasteiger partial charge in [-0.25, -0.2) is 8.42 Å². The lowest BCUT2D eigenvalue weighted by atomic mass is 10.1. The van der Waals surface area contributed by atoms with Gasteiger partial charge in [0.05, 0.1) is 10.6 Å². The number of anilines is 1. The number of rotatable bonds is 10. The zero-order valence-electron chi connectivity index (χ0n) is 22.1. The lowest BCUT2D eigenvalue weighted by Crippen LogP contribution is -2.51. The molecule has 1 unspecified atom stereocenters. The molecule has 0 aromatic heterocycles. The molecule has 196 valence electrons. The molecule has 8 heteroatoms. The van der Waals surface area contributed by atoms with Crippen LogP contribution in [0.3, 0.4) is 0 Å². The summed E-state index contributed by atoms with van der Waals surface area (Å²) in [5.41, 5.74) is 4.11. The van der Waals surface area contributed by atoms with Gasteiger partial charge < -0.3 is 10.2 Å². The molecule has 0 fully saturated rings. The van der Waals surface area contributed by atoms with Crippen LogP contribution in [0, 0.1) is 20.8 Å². The van der Waals surface area contributed by atoms with Crippen LogP contribution >= 0.6 is 0 Å². The van der Waals surface area contributed by atoms with E-state index in [1.165, 1.54) is 11.9 Å². The van der Waals surface area contributed by atoms with E-state index in [0.717, 1.165) is 26.6 Å². The Morgan fingerprint density at radius 3 is 2.03 bits per heavy atom. The molecule has 2 amide bonds. The fourth-order valence-electron chi connectivity index (χ4n) is 4.24. The van der Waals surface area contributed by atoms with Crippen molar-refractivity contribution in [2.45, 2.75) is 45.1 Å². The van der Waals surface area contributed by atoms with Crippen molar-refractivity contribution in [1.29, 1.82) is 0 Å². The van der Waals surface area contributed by atoms with Gasteiger partial charge in [-0.3, -0.25) is 13.9 Å². The second kappa shape index (κ2) is 12.1. The van der Waals surface area contributed by atoms with Gasteiger partial charge in [-0.05, 0) is 75.1 Å². The largest absolute Gasteiger partial charge is 0.357 e. The van der Waals surface area contributed by atoms with Gasteiger partial charge in [-0.2, -0.15) is 0 Å². The van der Waals surface area contributed by atoms with Crippen LogP contribution in [0.5, 0.6) is 0 Å². The Hall–Kier alpha value is -3.65. The molecule has 0 saturated carbocycles. The van der Waals surface area contributed by atoms with Crippen molar-refractivity contribution in [3.63, 3.8) is 0 Å². The number of nitrogens with zero attached hydrogens (tertiary/aromatic N) is 2. The van der Waals surface area contributed by atoms with Gasteiger partial charge >= 0.3 is 0 Å². The number of sulfonamides is 1. The molecule has 0 aliphatic heterocycles. The van der Waals surface area contributed by atoms with Crippen LogP contribution in [0.2, 0.25) is 0 Å². The average molecular weight is 522 g/mol. The molecule has 1 atom stereocenters. The van der Waals surface area contributed by atoms with Gasteiger partial charge in [0.1, 0.15) is 12.6 Å². The monoisotopic (exact) mass is 521 g/mol. The number of hydrogen-bond acceptors (Lipinski definition) is 4. The second-order valence-electron chi connectivity index (χ2n) is 9.28. The minimum Gasteiger partial charge on any atom is -0.357 e. The zero-order valence-corrected chi connectivity index (χ0v) is 22.9. The zero-order chi connectivity index (χ0) is 27.2. The van der Waals surface area contributed by atoms with E-state index >= 15 is 0 Å². The van der Waals surface area contributed by atoms with Gasteiger partial charge in [0.15, 0.2) is 0 Å². The first-order valence-corrected chi connectivity index (χ1v) is 13.7. The van der Waals surface area contributed by atoms with Crippen molar-refractivity contribution in [2.75, 3.05) is 24.4 Å². The summed E-state index contributed by atoms with van der Waals surface area (Å²) < 4.78 is 28.8. The first-order valence-electron chi connectivity index (χ1n) is 12.3. The summed E-state index contributed by atoms with van der Waals surface area (Å²) in [4.78, 5) is 27.8. The molecule has 1 N–H and O–H groups in total. The summed E-state index contributed by atoms with van der Waals surface area (Å²) in [6.07, 6.45) is 0.530. The molecule has 7 nitrogen and oxygen atoms in total. The Morgan fingerprint density at radius 1 is 0.865 bits per heavy atom. The molecule has 0 bridgehead atoms. The van der Waals surface area contributed by atoms with Gasteiger partial charge in [-0.15, -0.1) is 0 Å². The number of benzene rings is 3. The second-order valence-corrected chi connectivity index (χ2v) is 11.1. The van der Waals surface area contributed by atoms with E-state index in [4.69, 9.17) is 0 Å². The summed E-state index contributed by atoms with van der Waals surface area (Å²) in [6.45, 7) is 7.13. The molecule has 0 saturated heterocycles. The lowest BCUT2D eigenvalue weighted by Gasteiger charge is -2.32. The lowest BCUT2D eigenvalue weighted by molar-refractivity contribution is -0.138. The Balaban J connectivity index is 2.01. The fourth-order valence-corrected chi connectivity index (χ4v) is 5.64. The highest BCUT2D eigenvalue weighted by molar-refractivity contribution is 7.92. The number of nitrogens with one attached hydrogen (secondary N) is 1. The fraction of sp³-hybridized carbons (Fsp3) is 0.310. The van der Waals surface area contributed by atoms with Crippen LogP contribution in [0.4, 0.5) is 5.69 Å². The smallest absolute Gasteiger partial charge is 0.264 e. The van der Waals surface area contributed by atoms with Gasteiger partial charge in [-0.1, -0.05) is 54.1 Å². The van der Waals surface area contributed by atoms with Crippen LogP contribution in [-0.2, 0) is 26.0 Å². The first kappa shape index (κ1) is 27.9. The number of aryl methyl sites for hydroxylation is 3. The molecule has 3 aromatic rings. The summed E-state index contributed by atoms with van der Waals surface area (Å²) in [6, 6.07) is 20.9. The summed E-state index contributed by atoms with van der Waals surface area (Å²) >= 11 is 0. The summed E-state index contributed by atoms with van der Waals surface area (Å²) in [5, 5.41) is 2.59. The van der Waals surface area contributed by atoms with Gasteiger partial charge in [0.25, 0.3) is 10.0 Å². The van der Waals surface area contributed by atoms with E-state index in [-0.39, 0.29) is 17.3 Å². The highest BCUT2D eigenvalue weighted by atomic mass is 32.2. The third-order valence-electron chi connectivity index (χ3n) is 6.28. The predicted octanol–water partition coefficient (Wildman–Crippen LogP) is 4.01. The normalized spacial score (nSPS) is 12.0. The standard InChI is InChI=1S/C29H35N3O4S/c1-21-11-13-27(14-12-21)37(35,36)32(26-18-22(2)17-23(3)19-26)20-28(33)31(24(4)29(34)30-5)16-15-25-9-7-6-8-10-25/h6-14,17-19,24H,15-16,20H2,1-5H3,(H,30,34). The highest BCUT2D eigenvalue weighted by Gasteiger charge is 2.32. The van der Waals surface area contributed by atoms with Gasteiger partial charge in [0.2, 0.25) is 11.8 Å². The molecule has 0 spiro atoms. The Kier molecular flexibility index (Phi) is 9.10. The third-order valence-corrected chi connectivity index (χ3v) is 8.07. The number of hydrogen-bond donors (Lipinski definition) is 1. The van der Waals surface area contributed by atoms with E-state index in [1.807, 2.05) is 57.2 Å². The van der Waals surface area contributed by atoms with Crippen molar-refractivity contribution in [3.05, 3.63) is 95.1 Å². The van der Waals surface area contributed by atoms with Crippen LogP contribution < -0.4 is 9.62 Å². The van der Waals surface area contributed by atoms with Crippen molar-refractivity contribution in [3.8, 4) is 0 Å². The maximum Gasteiger partial charge on any atom is 0.264 e.